The highest BCUT2D eigenvalue weighted by atomic mass is 16.2. The predicted molar refractivity (Wildman–Crippen MR) is 91.3 cm³/mol. The van der Waals surface area contributed by atoms with Gasteiger partial charge < -0.3 is 9.88 Å². The monoisotopic (exact) mass is 322 g/mol. The molecule has 122 valence electrons. The number of pyridine rings is 1. The standard InChI is InChI=1S/C18H18N4O2/c1-21-13-15(7-8-17(21)23)18(24)19-10-9-14-11-20-22(12-14)16-5-3-2-4-6-16/h2-8,11-13H,9-10H2,1H3,(H,19,24). The molecule has 0 aliphatic carbocycles. The lowest BCUT2D eigenvalue weighted by molar-refractivity contribution is 0.0953. The van der Waals surface area contributed by atoms with Crippen molar-refractivity contribution in [3.8, 4) is 5.69 Å². The maximum absolute atomic E-state index is 12.1. The molecule has 0 atom stereocenters. The van der Waals surface area contributed by atoms with Crippen molar-refractivity contribution in [2.45, 2.75) is 6.42 Å². The van der Waals surface area contributed by atoms with E-state index in [1.165, 1.54) is 22.9 Å². The molecule has 0 bridgehead atoms. The van der Waals surface area contributed by atoms with Crippen molar-refractivity contribution in [3.05, 3.63) is 82.5 Å². The molecule has 1 aromatic carbocycles. The van der Waals surface area contributed by atoms with Crippen molar-refractivity contribution in [1.29, 1.82) is 0 Å². The summed E-state index contributed by atoms with van der Waals surface area (Å²) >= 11 is 0. The summed E-state index contributed by atoms with van der Waals surface area (Å²) < 4.78 is 3.20. The first-order valence-electron chi connectivity index (χ1n) is 7.67. The number of hydrogen-bond donors (Lipinski definition) is 1. The van der Waals surface area contributed by atoms with E-state index < -0.39 is 0 Å². The number of hydrogen-bond acceptors (Lipinski definition) is 3. The fourth-order valence-corrected chi connectivity index (χ4v) is 2.36. The van der Waals surface area contributed by atoms with Gasteiger partial charge in [-0.25, -0.2) is 4.68 Å². The molecular weight excluding hydrogens is 304 g/mol. The fraction of sp³-hybridized carbons (Fsp3) is 0.167. The van der Waals surface area contributed by atoms with Crippen molar-refractivity contribution in [3.63, 3.8) is 0 Å². The zero-order chi connectivity index (χ0) is 16.9. The highest BCUT2D eigenvalue weighted by Crippen LogP contribution is 2.07. The summed E-state index contributed by atoms with van der Waals surface area (Å²) in [4.78, 5) is 23.4. The SMILES string of the molecule is Cn1cc(C(=O)NCCc2cnn(-c3ccccc3)c2)ccc1=O. The van der Waals surface area contributed by atoms with Gasteiger partial charge in [-0.3, -0.25) is 9.59 Å². The van der Waals surface area contributed by atoms with Crippen molar-refractivity contribution < 1.29 is 4.79 Å². The topological polar surface area (TPSA) is 68.9 Å². The molecule has 3 aromatic rings. The van der Waals surface area contributed by atoms with Crippen LogP contribution < -0.4 is 10.9 Å². The van der Waals surface area contributed by atoms with Crippen molar-refractivity contribution in [1.82, 2.24) is 19.7 Å². The highest BCUT2D eigenvalue weighted by molar-refractivity contribution is 5.93. The van der Waals surface area contributed by atoms with Crippen LogP contribution in [-0.2, 0) is 13.5 Å². The first-order chi connectivity index (χ1) is 11.6. The Morgan fingerprint density at radius 1 is 1.12 bits per heavy atom. The van der Waals surface area contributed by atoms with Crippen molar-refractivity contribution in [2.75, 3.05) is 6.54 Å². The summed E-state index contributed by atoms with van der Waals surface area (Å²) in [6.45, 7) is 0.502. The molecule has 2 heterocycles. The molecule has 1 amide bonds. The summed E-state index contributed by atoms with van der Waals surface area (Å²) in [7, 11) is 1.62. The number of para-hydroxylation sites is 1. The average Bonchev–Trinajstić information content (AvgIpc) is 3.07. The number of benzene rings is 1. The molecule has 0 unspecified atom stereocenters. The summed E-state index contributed by atoms with van der Waals surface area (Å²) in [5, 5.41) is 7.18. The van der Waals surface area contributed by atoms with Crippen LogP contribution in [0.4, 0.5) is 0 Å². The van der Waals surface area contributed by atoms with E-state index in [9.17, 15) is 9.59 Å². The second-order valence-corrected chi connectivity index (χ2v) is 5.50. The third-order valence-electron chi connectivity index (χ3n) is 3.70. The van der Waals surface area contributed by atoms with Gasteiger partial charge in [0.1, 0.15) is 0 Å². The Bertz CT molecular complexity index is 897. The highest BCUT2D eigenvalue weighted by Gasteiger charge is 2.07. The lowest BCUT2D eigenvalue weighted by atomic mass is 10.2. The van der Waals surface area contributed by atoms with E-state index in [1.807, 2.05) is 41.2 Å². The molecule has 0 saturated carbocycles. The fourth-order valence-electron chi connectivity index (χ4n) is 2.36. The van der Waals surface area contributed by atoms with Gasteiger partial charge in [0.2, 0.25) is 5.56 Å². The van der Waals surface area contributed by atoms with E-state index in [2.05, 4.69) is 10.4 Å². The summed E-state index contributed by atoms with van der Waals surface area (Å²) in [6, 6.07) is 12.8. The summed E-state index contributed by atoms with van der Waals surface area (Å²) in [5.74, 6) is -0.193. The Hall–Kier alpha value is -3.15. The number of aryl methyl sites for hydroxylation is 1. The minimum atomic E-state index is -0.193. The molecule has 6 heteroatoms. The van der Waals surface area contributed by atoms with Crippen LogP contribution >= 0.6 is 0 Å². The predicted octanol–water partition coefficient (Wildman–Crippen LogP) is 1.54. The number of rotatable bonds is 5. The lowest BCUT2D eigenvalue weighted by Crippen LogP contribution is -2.27. The van der Waals surface area contributed by atoms with Gasteiger partial charge in [0, 0.05) is 32.1 Å². The van der Waals surface area contributed by atoms with E-state index >= 15 is 0 Å². The van der Waals surface area contributed by atoms with E-state index in [4.69, 9.17) is 0 Å². The van der Waals surface area contributed by atoms with Crippen molar-refractivity contribution in [2.24, 2.45) is 7.05 Å². The minimum Gasteiger partial charge on any atom is -0.352 e. The smallest absolute Gasteiger partial charge is 0.252 e. The maximum Gasteiger partial charge on any atom is 0.252 e. The summed E-state index contributed by atoms with van der Waals surface area (Å²) in [6.07, 6.45) is 5.97. The van der Waals surface area contributed by atoms with Gasteiger partial charge >= 0.3 is 0 Å². The van der Waals surface area contributed by atoms with Crippen LogP contribution in [0.5, 0.6) is 0 Å². The number of nitrogens with one attached hydrogen (secondary N) is 1. The Morgan fingerprint density at radius 2 is 1.92 bits per heavy atom. The van der Waals surface area contributed by atoms with Crippen LogP contribution in [-0.4, -0.2) is 26.8 Å². The van der Waals surface area contributed by atoms with Crippen LogP contribution in [0.1, 0.15) is 15.9 Å². The molecule has 1 N–H and O–H groups in total. The van der Waals surface area contributed by atoms with Gasteiger partial charge in [0.15, 0.2) is 0 Å². The molecule has 6 nitrogen and oxygen atoms in total. The first-order valence-corrected chi connectivity index (χ1v) is 7.67. The number of aromatic nitrogens is 3. The van der Waals surface area contributed by atoms with E-state index in [-0.39, 0.29) is 11.5 Å². The first kappa shape index (κ1) is 15.7. The van der Waals surface area contributed by atoms with Crippen molar-refractivity contribution >= 4 is 5.91 Å². The number of amides is 1. The number of carbonyl (C=O) groups is 1. The largest absolute Gasteiger partial charge is 0.352 e. The molecule has 0 aliphatic rings. The van der Waals surface area contributed by atoms with Gasteiger partial charge in [-0.05, 0) is 30.2 Å². The third-order valence-corrected chi connectivity index (χ3v) is 3.70. The molecule has 0 radical (unpaired) electrons. The quantitative estimate of drug-likeness (QED) is 0.775. The second kappa shape index (κ2) is 6.95. The van der Waals surface area contributed by atoms with E-state index in [1.54, 1.807) is 13.2 Å². The van der Waals surface area contributed by atoms with Crippen LogP contribution in [0.2, 0.25) is 0 Å². The van der Waals surface area contributed by atoms with Gasteiger partial charge in [0.25, 0.3) is 5.91 Å². The number of carbonyl (C=O) groups excluding carboxylic acids is 1. The van der Waals surface area contributed by atoms with Gasteiger partial charge in [-0.15, -0.1) is 0 Å². The van der Waals surface area contributed by atoms with Gasteiger partial charge in [0.05, 0.1) is 17.4 Å². The molecular formula is C18H18N4O2. The molecule has 0 aliphatic heterocycles. The molecule has 0 fully saturated rings. The van der Waals surface area contributed by atoms with Crippen LogP contribution in [0.15, 0.2) is 65.8 Å². The van der Waals surface area contributed by atoms with Gasteiger partial charge in [-0.2, -0.15) is 5.10 Å². The Balaban J connectivity index is 1.57. The Morgan fingerprint density at radius 3 is 2.67 bits per heavy atom. The Labute approximate surface area is 139 Å². The molecule has 24 heavy (non-hydrogen) atoms. The molecule has 2 aromatic heterocycles. The molecule has 3 rings (SSSR count). The molecule has 0 spiro atoms. The number of nitrogens with zero attached hydrogens (tertiary/aromatic N) is 3. The van der Waals surface area contributed by atoms with Crippen LogP contribution in [0.25, 0.3) is 5.69 Å². The van der Waals surface area contributed by atoms with E-state index in [0.717, 1.165) is 11.3 Å². The maximum atomic E-state index is 12.1. The zero-order valence-corrected chi connectivity index (χ0v) is 13.3. The minimum absolute atomic E-state index is 0.139. The third kappa shape index (κ3) is 3.60. The molecule has 0 saturated heterocycles. The summed E-state index contributed by atoms with van der Waals surface area (Å²) in [5.41, 5.74) is 2.37. The van der Waals surface area contributed by atoms with E-state index in [0.29, 0.717) is 18.5 Å². The van der Waals surface area contributed by atoms with Gasteiger partial charge in [-0.1, -0.05) is 18.2 Å². The lowest BCUT2D eigenvalue weighted by Gasteiger charge is -2.05. The average molecular weight is 322 g/mol. The zero-order valence-electron chi connectivity index (χ0n) is 13.3. The Kier molecular flexibility index (Phi) is 4.56. The normalized spacial score (nSPS) is 10.5. The second-order valence-electron chi connectivity index (χ2n) is 5.50. The van der Waals surface area contributed by atoms with Crippen LogP contribution in [0, 0.1) is 0 Å². The van der Waals surface area contributed by atoms with Crippen LogP contribution in [0.3, 0.4) is 0 Å².